The van der Waals surface area contributed by atoms with Gasteiger partial charge in [-0.2, -0.15) is 13.2 Å². The maximum Gasteiger partial charge on any atom is 0.490 e. The molecule has 21 heavy (non-hydrogen) atoms. The Kier molecular flexibility index (Phi) is 7.53. The number of halogens is 3. The van der Waals surface area contributed by atoms with Crippen molar-refractivity contribution in [1.82, 2.24) is 0 Å². The molecule has 0 saturated carbocycles. The molecule has 0 aliphatic heterocycles. The van der Waals surface area contributed by atoms with E-state index >= 15 is 0 Å². The number of nitrogens with two attached hydrogens (primary N) is 1. The molecule has 0 spiro atoms. The highest BCUT2D eigenvalue weighted by Crippen LogP contribution is 2.28. The van der Waals surface area contributed by atoms with Crippen LogP contribution in [0.2, 0.25) is 0 Å². The molecule has 1 unspecified atom stereocenters. The number of hydrogen-bond donors (Lipinski definition) is 4. The van der Waals surface area contributed by atoms with Gasteiger partial charge in [0.1, 0.15) is 0 Å². The van der Waals surface area contributed by atoms with E-state index in [2.05, 4.69) is 0 Å². The minimum absolute atomic E-state index is 0.138. The molecule has 0 saturated heterocycles. The molecule has 0 radical (unpaired) electrons. The molecule has 5 N–H and O–H groups in total. The van der Waals surface area contributed by atoms with Gasteiger partial charge in [0.05, 0.1) is 6.10 Å². The zero-order chi connectivity index (χ0) is 16.6. The fourth-order valence-corrected chi connectivity index (χ4v) is 1.24. The standard InChI is InChI=1S/C10H15NO3.C2HF3O2/c1-2-14-10(6-11)7-3-4-8(12)9(13)5-7;3-2(4,5)1(6)7/h3-5,10,12-13H,2,6,11H2,1H3;(H,6,7). The minimum Gasteiger partial charge on any atom is -0.504 e. The first-order valence-corrected chi connectivity index (χ1v) is 5.77. The second-order valence-corrected chi connectivity index (χ2v) is 3.73. The molecule has 1 aromatic rings. The Morgan fingerprint density at radius 2 is 1.86 bits per heavy atom. The number of carboxylic acid groups (broad SMARTS) is 1. The molecule has 6 nitrogen and oxygen atoms in total. The number of carbonyl (C=O) groups is 1. The second kappa shape index (κ2) is 8.32. The van der Waals surface area contributed by atoms with E-state index in [-0.39, 0.29) is 17.6 Å². The topological polar surface area (TPSA) is 113 Å². The van der Waals surface area contributed by atoms with Crippen molar-refractivity contribution in [3.63, 3.8) is 0 Å². The first-order valence-electron chi connectivity index (χ1n) is 5.77. The smallest absolute Gasteiger partial charge is 0.490 e. The van der Waals surface area contributed by atoms with E-state index in [0.29, 0.717) is 13.2 Å². The van der Waals surface area contributed by atoms with Gasteiger partial charge in [0.15, 0.2) is 11.5 Å². The summed E-state index contributed by atoms with van der Waals surface area (Å²) in [5.74, 6) is -3.05. The number of benzene rings is 1. The van der Waals surface area contributed by atoms with Gasteiger partial charge in [-0.05, 0) is 24.6 Å². The molecular formula is C12H16F3NO5. The molecule has 9 heteroatoms. The Bertz CT molecular complexity index is 465. The van der Waals surface area contributed by atoms with Gasteiger partial charge in [-0.15, -0.1) is 0 Å². The molecule has 0 amide bonds. The molecule has 1 aromatic carbocycles. The summed E-state index contributed by atoms with van der Waals surface area (Å²) >= 11 is 0. The van der Waals surface area contributed by atoms with Crippen molar-refractivity contribution in [3.8, 4) is 11.5 Å². The monoisotopic (exact) mass is 311 g/mol. The van der Waals surface area contributed by atoms with Crippen LogP contribution in [0, 0.1) is 0 Å². The van der Waals surface area contributed by atoms with Crippen LogP contribution in [-0.2, 0) is 9.53 Å². The number of alkyl halides is 3. The van der Waals surface area contributed by atoms with Crippen LogP contribution in [0.25, 0.3) is 0 Å². The Labute approximate surface area is 118 Å². The Morgan fingerprint density at radius 1 is 1.33 bits per heavy atom. The van der Waals surface area contributed by atoms with E-state index in [1.807, 2.05) is 6.92 Å². The third-order valence-corrected chi connectivity index (χ3v) is 2.20. The van der Waals surface area contributed by atoms with Crippen molar-refractivity contribution in [3.05, 3.63) is 23.8 Å². The van der Waals surface area contributed by atoms with Gasteiger partial charge in [-0.1, -0.05) is 6.07 Å². The summed E-state index contributed by atoms with van der Waals surface area (Å²) in [7, 11) is 0. The predicted molar refractivity (Wildman–Crippen MR) is 66.9 cm³/mol. The van der Waals surface area contributed by atoms with Crippen molar-refractivity contribution in [2.45, 2.75) is 19.2 Å². The average Bonchev–Trinajstić information content (AvgIpc) is 2.39. The quantitative estimate of drug-likeness (QED) is 0.630. The maximum absolute atomic E-state index is 10.6. The summed E-state index contributed by atoms with van der Waals surface area (Å²) in [6, 6.07) is 4.57. The summed E-state index contributed by atoms with van der Waals surface area (Å²) in [4.78, 5) is 8.90. The van der Waals surface area contributed by atoms with Gasteiger partial charge in [0.2, 0.25) is 0 Å². The average molecular weight is 311 g/mol. The minimum atomic E-state index is -5.08. The highest BCUT2D eigenvalue weighted by molar-refractivity contribution is 5.73. The number of phenols is 2. The molecule has 0 aliphatic rings. The van der Waals surface area contributed by atoms with Crippen LogP contribution >= 0.6 is 0 Å². The second-order valence-electron chi connectivity index (χ2n) is 3.73. The zero-order valence-electron chi connectivity index (χ0n) is 11.1. The summed E-state index contributed by atoms with van der Waals surface area (Å²) in [6.45, 7) is 2.78. The number of rotatable bonds is 4. The summed E-state index contributed by atoms with van der Waals surface area (Å²) in [6.07, 6.45) is -5.31. The van der Waals surface area contributed by atoms with Crippen molar-refractivity contribution in [2.75, 3.05) is 13.2 Å². The van der Waals surface area contributed by atoms with E-state index in [1.165, 1.54) is 12.1 Å². The van der Waals surface area contributed by atoms with Crippen LogP contribution in [0.3, 0.4) is 0 Å². The Morgan fingerprint density at radius 3 is 2.19 bits per heavy atom. The number of carboxylic acids is 1. The number of phenolic OH excluding ortho intramolecular Hbond substituents is 2. The van der Waals surface area contributed by atoms with E-state index < -0.39 is 12.1 Å². The van der Waals surface area contributed by atoms with E-state index in [4.69, 9.17) is 25.5 Å². The molecule has 1 atom stereocenters. The van der Waals surface area contributed by atoms with E-state index in [1.54, 1.807) is 6.07 Å². The lowest BCUT2D eigenvalue weighted by atomic mass is 10.1. The van der Waals surface area contributed by atoms with E-state index in [9.17, 15) is 18.3 Å². The first-order chi connectivity index (χ1) is 9.63. The molecular weight excluding hydrogens is 295 g/mol. The lowest BCUT2D eigenvalue weighted by Crippen LogP contribution is -2.21. The molecule has 0 aliphatic carbocycles. The van der Waals surface area contributed by atoms with Gasteiger partial charge in [0, 0.05) is 13.2 Å². The van der Waals surface area contributed by atoms with Gasteiger partial charge in [-0.25, -0.2) is 4.79 Å². The number of aromatic hydroxyl groups is 2. The predicted octanol–water partition coefficient (Wildman–Crippen LogP) is 1.77. The highest BCUT2D eigenvalue weighted by atomic mass is 19.4. The van der Waals surface area contributed by atoms with Crippen LogP contribution in [-0.4, -0.2) is 40.6 Å². The van der Waals surface area contributed by atoms with Crippen LogP contribution in [0.1, 0.15) is 18.6 Å². The normalized spacial score (nSPS) is 12.2. The van der Waals surface area contributed by atoms with E-state index in [0.717, 1.165) is 5.56 Å². The molecule has 0 aromatic heterocycles. The zero-order valence-corrected chi connectivity index (χ0v) is 11.1. The molecule has 0 fully saturated rings. The van der Waals surface area contributed by atoms with Gasteiger partial charge < -0.3 is 25.8 Å². The third kappa shape index (κ3) is 6.82. The van der Waals surface area contributed by atoms with Crippen LogP contribution in [0.5, 0.6) is 11.5 Å². The highest BCUT2D eigenvalue weighted by Gasteiger charge is 2.38. The number of hydrogen-bond acceptors (Lipinski definition) is 5. The van der Waals surface area contributed by atoms with Gasteiger partial charge >= 0.3 is 12.1 Å². The summed E-state index contributed by atoms with van der Waals surface area (Å²) < 4.78 is 37.1. The first kappa shape index (κ1) is 19.0. The lowest BCUT2D eigenvalue weighted by molar-refractivity contribution is -0.192. The van der Waals surface area contributed by atoms with Crippen molar-refractivity contribution < 1.29 is 38.0 Å². The number of aliphatic carboxylic acids is 1. The molecule has 1 rings (SSSR count). The summed E-state index contributed by atoms with van der Waals surface area (Å²) in [5, 5.41) is 25.5. The SMILES string of the molecule is CCOC(CN)c1ccc(O)c(O)c1.O=C(O)C(F)(F)F. The van der Waals surface area contributed by atoms with Crippen molar-refractivity contribution in [2.24, 2.45) is 5.73 Å². The van der Waals surface area contributed by atoms with Gasteiger partial charge in [0.25, 0.3) is 0 Å². The third-order valence-electron chi connectivity index (χ3n) is 2.20. The van der Waals surface area contributed by atoms with Crippen LogP contribution in [0.4, 0.5) is 13.2 Å². The van der Waals surface area contributed by atoms with Crippen molar-refractivity contribution >= 4 is 5.97 Å². The maximum atomic E-state index is 10.6. The van der Waals surface area contributed by atoms with Gasteiger partial charge in [-0.3, -0.25) is 0 Å². The largest absolute Gasteiger partial charge is 0.504 e. The van der Waals surface area contributed by atoms with Crippen molar-refractivity contribution in [1.29, 1.82) is 0 Å². The lowest BCUT2D eigenvalue weighted by Gasteiger charge is -2.15. The Balaban J connectivity index is 0.000000486. The van der Waals surface area contributed by atoms with Crippen LogP contribution < -0.4 is 5.73 Å². The van der Waals surface area contributed by atoms with Crippen LogP contribution in [0.15, 0.2) is 18.2 Å². The summed E-state index contributed by atoms with van der Waals surface area (Å²) in [5.41, 5.74) is 6.28. The fourth-order valence-electron chi connectivity index (χ4n) is 1.24. The molecule has 120 valence electrons. The molecule has 0 bridgehead atoms. The Hall–Kier alpha value is -2.00. The fraction of sp³-hybridized carbons (Fsp3) is 0.417. The number of ether oxygens (including phenoxy) is 1. The molecule has 0 heterocycles.